The summed E-state index contributed by atoms with van der Waals surface area (Å²) in [5, 5.41) is 13.9. The maximum absolute atomic E-state index is 12.1. The molecule has 4 nitrogen and oxygen atoms in total. The van der Waals surface area contributed by atoms with E-state index in [1.54, 1.807) is 36.8 Å². The number of hydrogen-bond donors (Lipinski definition) is 1. The lowest BCUT2D eigenvalue weighted by Gasteiger charge is -2.06. The van der Waals surface area contributed by atoms with Gasteiger partial charge in [0.25, 0.3) is 5.91 Å². The van der Waals surface area contributed by atoms with Crippen molar-refractivity contribution in [2.45, 2.75) is 0 Å². The lowest BCUT2D eigenvalue weighted by atomic mass is 10.2. The predicted octanol–water partition coefficient (Wildman–Crippen LogP) is 3.64. The molecule has 1 amide bonds. The monoisotopic (exact) mass is 336 g/mol. The van der Waals surface area contributed by atoms with E-state index in [9.17, 15) is 4.79 Å². The average molecular weight is 337 g/mol. The van der Waals surface area contributed by atoms with Crippen LogP contribution in [0, 0.1) is 11.3 Å². The maximum Gasteiger partial charge on any atom is 0.256 e. The number of methoxy groups -OCH3 is 1. The summed E-state index contributed by atoms with van der Waals surface area (Å²) in [4.78, 5) is 12.1. The van der Waals surface area contributed by atoms with Crippen molar-refractivity contribution in [1.29, 1.82) is 5.26 Å². The van der Waals surface area contributed by atoms with E-state index in [4.69, 9.17) is 10.00 Å². The molecule has 0 aliphatic heterocycles. The van der Waals surface area contributed by atoms with Gasteiger partial charge in [-0.15, -0.1) is 11.3 Å². The van der Waals surface area contributed by atoms with Gasteiger partial charge in [-0.25, -0.2) is 0 Å². The van der Waals surface area contributed by atoms with Gasteiger partial charge in [0, 0.05) is 5.56 Å². The van der Waals surface area contributed by atoms with E-state index in [0.29, 0.717) is 26.4 Å². The Labute approximate surface area is 122 Å². The molecule has 0 unspecified atom stereocenters. The Balaban J connectivity index is 2.21. The van der Waals surface area contributed by atoms with E-state index in [-0.39, 0.29) is 5.91 Å². The Morgan fingerprint density at radius 2 is 2.26 bits per heavy atom. The van der Waals surface area contributed by atoms with Crippen LogP contribution in [0.25, 0.3) is 0 Å². The Bertz CT molecular complexity index is 661. The van der Waals surface area contributed by atoms with Crippen molar-refractivity contribution in [3.63, 3.8) is 0 Å². The molecule has 0 radical (unpaired) electrons. The second-order valence-electron chi connectivity index (χ2n) is 3.58. The quantitative estimate of drug-likeness (QED) is 0.930. The highest BCUT2D eigenvalue weighted by Crippen LogP contribution is 2.27. The van der Waals surface area contributed by atoms with Gasteiger partial charge in [0.15, 0.2) is 0 Å². The summed E-state index contributed by atoms with van der Waals surface area (Å²) in [6.45, 7) is 0. The zero-order valence-corrected chi connectivity index (χ0v) is 12.3. The standard InChI is InChI=1S/C13H9BrN2O2S/c1-18-11-3-2-8(6-10(11)14)12(17)16-13-9(7-15)4-5-19-13/h2-6H,1H3,(H,16,17). The van der Waals surface area contributed by atoms with E-state index >= 15 is 0 Å². The zero-order valence-electron chi connectivity index (χ0n) is 9.94. The minimum Gasteiger partial charge on any atom is -0.496 e. The number of amides is 1. The second-order valence-corrected chi connectivity index (χ2v) is 5.35. The van der Waals surface area contributed by atoms with E-state index in [2.05, 4.69) is 21.2 Å². The fourth-order valence-electron chi connectivity index (χ4n) is 1.48. The first-order chi connectivity index (χ1) is 9.15. The minimum atomic E-state index is -0.262. The summed E-state index contributed by atoms with van der Waals surface area (Å²) in [5.41, 5.74) is 0.955. The normalized spacial score (nSPS) is 9.74. The molecule has 96 valence electrons. The molecule has 1 N–H and O–H groups in total. The summed E-state index contributed by atoms with van der Waals surface area (Å²) in [6, 6.07) is 8.75. The number of nitrogens with one attached hydrogen (secondary N) is 1. The molecule has 0 atom stereocenters. The Kier molecular flexibility index (Phi) is 4.20. The van der Waals surface area contributed by atoms with Crippen molar-refractivity contribution >= 4 is 38.2 Å². The molecule has 0 bridgehead atoms. The lowest BCUT2D eigenvalue weighted by Crippen LogP contribution is -2.11. The molecule has 2 rings (SSSR count). The van der Waals surface area contributed by atoms with Crippen LogP contribution in [0.4, 0.5) is 5.00 Å². The average Bonchev–Trinajstić information content (AvgIpc) is 2.85. The van der Waals surface area contributed by atoms with E-state index in [1.165, 1.54) is 11.3 Å². The third-order valence-corrected chi connectivity index (χ3v) is 3.88. The van der Waals surface area contributed by atoms with Crippen LogP contribution in [0.2, 0.25) is 0 Å². The van der Waals surface area contributed by atoms with Gasteiger partial charge in [-0.2, -0.15) is 5.26 Å². The molecule has 0 saturated heterocycles. The largest absolute Gasteiger partial charge is 0.496 e. The molecule has 1 aromatic carbocycles. The summed E-state index contributed by atoms with van der Waals surface area (Å²) in [5.74, 6) is 0.396. The number of carbonyl (C=O) groups excluding carboxylic acids is 1. The van der Waals surface area contributed by atoms with Gasteiger partial charge in [-0.05, 0) is 45.6 Å². The number of ether oxygens (including phenoxy) is 1. The van der Waals surface area contributed by atoms with Crippen molar-refractivity contribution in [3.8, 4) is 11.8 Å². The van der Waals surface area contributed by atoms with Gasteiger partial charge in [0.1, 0.15) is 16.8 Å². The van der Waals surface area contributed by atoms with Crippen LogP contribution in [0.1, 0.15) is 15.9 Å². The van der Waals surface area contributed by atoms with Crippen LogP contribution in [0.3, 0.4) is 0 Å². The third kappa shape index (κ3) is 2.95. The number of anilines is 1. The van der Waals surface area contributed by atoms with Crippen molar-refractivity contribution < 1.29 is 9.53 Å². The molecule has 0 saturated carbocycles. The third-order valence-electron chi connectivity index (χ3n) is 2.43. The highest BCUT2D eigenvalue weighted by atomic mass is 79.9. The zero-order chi connectivity index (χ0) is 13.8. The molecule has 6 heteroatoms. The van der Waals surface area contributed by atoms with Gasteiger partial charge in [-0.1, -0.05) is 0 Å². The van der Waals surface area contributed by atoms with E-state index < -0.39 is 0 Å². The van der Waals surface area contributed by atoms with Crippen molar-refractivity contribution in [2.75, 3.05) is 12.4 Å². The summed E-state index contributed by atoms with van der Waals surface area (Å²) < 4.78 is 5.81. The number of hydrogen-bond acceptors (Lipinski definition) is 4. The molecule has 0 aliphatic rings. The van der Waals surface area contributed by atoms with Gasteiger partial charge >= 0.3 is 0 Å². The van der Waals surface area contributed by atoms with Crippen LogP contribution in [0.15, 0.2) is 34.1 Å². The predicted molar refractivity (Wildman–Crippen MR) is 77.7 cm³/mol. The molecule has 0 fully saturated rings. The van der Waals surface area contributed by atoms with Crippen LogP contribution < -0.4 is 10.1 Å². The summed E-state index contributed by atoms with van der Waals surface area (Å²) in [6.07, 6.45) is 0. The number of carbonyl (C=O) groups is 1. The number of nitrogens with zero attached hydrogens (tertiary/aromatic N) is 1. The summed E-state index contributed by atoms with van der Waals surface area (Å²) >= 11 is 4.65. The molecule has 1 aromatic heterocycles. The van der Waals surface area contributed by atoms with Crippen LogP contribution >= 0.6 is 27.3 Å². The SMILES string of the molecule is COc1ccc(C(=O)Nc2sccc2C#N)cc1Br. The number of thiophene rings is 1. The van der Waals surface area contributed by atoms with Gasteiger partial charge < -0.3 is 10.1 Å². The second kappa shape index (κ2) is 5.87. The molecule has 0 aliphatic carbocycles. The Hall–Kier alpha value is -1.84. The molecular weight excluding hydrogens is 328 g/mol. The first-order valence-corrected chi connectivity index (χ1v) is 6.95. The van der Waals surface area contributed by atoms with Crippen molar-refractivity contribution in [2.24, 2.45) is 0 Å². The molecule has 19 heavy (non-hydrogen) atoms. The molecule has 1 heterocycles. The van der Waals surface area contributed by atoms with Crippen molar-refractivity contribution in [3.05, 3.63) is 45.2 Å². The van der Waals surface area contributed by atoms with Crippen molar-refractivity contribution in [1.82, 2.24) is 0 Å². The summed E-state index contributed by atoms with van der Waals surface area (Å²) in [7, 11) is 1.56. The van der Waals surface area contributed by atoms with E-state index in [1.807, 2.05) is 6.07 Å². The Morgan fingerprint density at radius 1 is 1.47 bits per heavy atom. The topological polar surface area (TPSA) is 62.1 Å². The fraction of sp³-hybridized carbons (Fsp3) is 0.0769. The molecule has 2 aromatic rings. The van der Waals surface area contributed by atoms with Crippen LogP contribution in [-0.4, -0.2) is 13.0 Å². The minimum absolute atomic E-state index is 0.262. The number of halogens is 1. The fourth-order valence-corrected chi connectivity index (χ4v) is 2.75. The van der Waals surface area contributed by atoms with E-state index in [0.717, 1.165) is 0 Å². The molecule has 0 spiro atoms. The number of rotatable bonds is 3. The maximum atomic E-state index is 12.1. The van der Waals surface area contributed by atoms with Gasteiger partial charge in [0.2, 0.25) is 0 Å². The lowest BCUT2D eigenvalue weighted by molar-refractivity contribution is 0.102. The smallest absolute Gasteiger partial charge is 0.256 e. The highest BCUT2D eigenvalue weighted by molar-refractivity contribution is 9.10. The van der Waals surface area contributed by atoms with Crippen LogP contribution in [-0.2, 0) is 0 Å². The first-order valence-electron chi connectivity index (χ1n) is 5.28. The highest BCUT2D eigenvalue weighted by Gasteiger charge is 2.12. The first kappa shape index (κ1) is 13.6. The van der Waals surface area contributed by atoms with Crippen LogP contribution in [0.5, 0.6) is 5.75 Å². The van der Waals surface area contributed by atoms with Gasteiger partial charge in [-0.3, -0.25) is 4.79 Å². The number of benzene rings is 1. The molecular formula is C13H9BrN2O2S. The Morgan fingerprint density at radius 3 is 2.89 bits per heavy atom. The van der Waals surface area contributed by atoms with Gasteiger partial charge in [0.05, 0.1) is 17.1 Å². The number of nitriles is 1.